The maximum atomic E-state index is 12.2. The number of hydrogen-bond acceptors (Lipinski definition) is 5. The van der Waals surface area contributed by atoms with Crippen LogP contribution in [-0.2, 0) is 16.1 Å². The van der Waals surface area contributed by atoms with E-state index in [0.29, 0.717) is 18.8 Å². The number of carbonyl (C=O) groups is 1. The molecule has 0 saturated carbocycles. The minimum atomic E-state index is -0.152. The van der Waals surface area contributed by atoms with Gasteiger partial charge in [0.2, 0.25) is 0 Å². The smallest absolute Gasteiger partial charge is 0.257 e. The Hall–Kier alpha value is -2.38. The molecule has 1 N–H and O–H groups in total. The first-order chi connectivity index (χ1) is 13.1. The van der Waals surface area contributed by atoms with Gasteiger partial charge >= 0.3 is 0 Å². The predicted molar refractivity (Wildman–Crippen MR) is 104 cm³/mol. The van der Waals surface area contributed by atoms with E-state index in [-0.39, 0.29) is 18.1 Å². The predicted octanol–water partition coefficient (Wildman–Crippen LogP) is 1.16. The largest absolute Gasteiger partial charge is 0.484 e. The second-order valence-electron chi connectivity index (χ2n) is 6.68. The molecule has 2 heterocycles. The van der Waals surface area contributed by atoms with E-state index in [0.717, 1.165) is 49.3 Å². The summed E-state index contributed by atoms with van der Waals surface area (Å²) in [6.45, 7) is 9.12. The third-order valence-corrected chi connectivity index (χ3v) is 4.83. The molecule has 1 fully saturated rings. The molecule has 7 nitrogen and oxygen atoms in total. The first-order valence-corrected chi connectivity index (χ1v) is 9.42. The van der Waals surface area contributed by atoms with Gasteiger partial charge in [0.05, 0.1) is 18.7 Å². The Bertz CT molecular complexity index is 856. The van der Waals surface area contributed by atoms with Gasteiger partial charge in [0.1, 0.15) is 5.75 Å². The zero-order valence-electron chi connectivity index (χ0n) is 16.0. The van der Waals surface area contributed by atoms with Crippen LogP contribution in [0.1, 0.15) is 12.5 Å². The molecule has 1 saturated heterocycles. The number of fused-ring (bicyclic) bond motifs is 1. The molecular formula is C20H27N3O4. The van der Waals surface area contributed by atoms with Crippen molar-refractivity contribution >= 4 is 16.8 Å². The molecule has 0 unspecified atom stereocenters. The molecule has 1 amide bonds. The number of nitrogens with one attached hydrogen (secondary N) is 1. The maximum Gasteiger partial charge on any atom is 0.257 e. The molecule has 0 bridgehead atoms. The van der Waals surface area contributed by atoms with Crippen LogP contribution in [0.5, 0.6) is 5.75 Å². The zero-order valence-corrected chi connectivity index (χ0v) is 16.0. The number of carbonyl (C=O) groups excluding carboxylic acids is 1. The van der Waals surface area contributed by atoms with Gasteiger partial charge in [-0.05, 0) is 31.5 Å². The number of rotatable bonds is 7. The van der Waals surface area contributed by atoms with Gasteiger partial charge in [0.25, 0.3) is 11.5 Å². The third-order valence-electron chi connectivity index (χ3n) is 4.83. The molecule has 1 aliphatic heterocycles. The van der Waals surface area contributed by atoms with E-state index >= 15 is 0 Å². The van der Waals surface area contributed by atoms with Crippen molar-refractivity contribution in [2.24, 2.45) is 0 Å². The van der Waals surface area contributed by atoms with Crippen molar-refractivity contribution in [3.8, 4) is 5.75 Å². The second kappa shape index (κ2) is 9.01. The molecule has 1 aromatic heterocycles. The maximum absolute atomic E-state index is 12.2. The van der Waals surface area contributed by atoms with Crippen molar-refractivity contribution in [2.75, 3.05) is 46.0 Å². The molecule has 3 rings (SSSR count). The van der Waals surface area contributed by atoms with Gasteiger partial charge in [0, 0.05) is 50.2 Å². The van der Waals surface area contributed by atoms with Crippen molar-refractivity contribution in [3.05, 3.63) is 40.2 Å². The van der Waals surface area contributed by atoms with Crippen LogP contribution >= 0.6 is 0 Å². The number of nitrogens with zero attached hydrogens (tertiary/aromatic N) is 2. The highest BCUT2D eigenvalue weighted by Crippen LogP contribution is 2.22. The van der Waals surface area contributed by atoms with E-state index in [2.05, 4.69) is 10.2 Å². The highest BCUT2D eigenvalue weighted by molar-refractivity contribution is 5.84. The Morgan fingerprint density at radius 3 is 2.78 bits per heavy atom. The normalized spacial score (nSPS) is 15.0. The SMILES string of the molecule is CCn1c(=O)cc(C)c2ccc(OCC(=O)NCCN3CCOCC3)cc21. The third kappa shape index (κ3) is 4.87. The topological polar surface area (TPSA) is 72.8 Å². The van der Waals surface area contributed by atoms with Crippen molar-refractivity contribution in [1.82, 2.24) is 14.8 Å². The van der Waals surface area contributed by atoms with Gasteiger partial charge in [-0.2, -0.15) is 0 Å². The van der Waals surface area contributed by atoms with Crippen LogP contribution in [0.25, 0.3) is 10.9 Å². The number of aryl methyl sites for hydroxylation is 2. The minimum Gasteiger partial charge on any atom is -0.484 e. The van der Waals surface area contributed by atoms with E-state index in [1.165, 1.54) is 0 Å². The monoisotopic (exact) mass is 373 g/mol. The molecule has 1 aromatic carbocycles. The number of aromatic nitrogens is 1. The summed E-state index contributed by atoms with van der Waals surface area (Å²) in [5.41, 5.74) is 1.74. The van der Waals surface area contributed by atoms with Gasteiger partial charge in [-0.3, -0.25) is 14.5 Å². The summed E-state index contributed by atoms with van der Waals surface area (Å²) >= 11 is 0. The van der Waals surface area contributed by atoms with E-state index in [9.17, 15) is 9.59 Å². The molecule has 0 spiro atoms. The van der Waals surface area contributed by atoms with Crippen LogP contribution in [0.2, 0.25) is 0 Å². The van der Waals surface area contributed by atoms with Gasteiger partial charge < -0.3 is 19.4 Å². The summed E-state index contributed by atoms with van der Waals surface area (Å²) < 4.78 is 12.6. The van der Waals surface area contributed by atoms with Crippen LogP contribution in [0, 0.1) is 6.92 Å². The number of hydrogen-bond donors (Lipinski definition) is 1. The van der Waals surface area contributed by atoms with Crippen LogP contribution < -0.4 is 15.6 Å². The van der Waals surface area contributed by atoms with Gasteiger partial charge in [-0.1, -0.05) is 0 Å². The average molecular weight is 373 g/mol. The average Bonchev–Trinajstić information content (AvgIpc) is 2.67. The Kier molecular flexibility index (Phi) is 6.47. The minimum absolute atomic E-state index is 0.0273. The lowest BCUT2D eigenvalue weighted by Crippen LogP contribution is -2.42. The molecule has 0 aliphatic carbocycles. The van der Waals surface area contributed by atoms with Gasteiger partial charge in [-0.15, -0.1) is 0 Å². The van der Waals surface area contributed by atoms with Crippen LogP contribution in [0.4, 0.5) is 0 Å². The Morgan fingerprint density at radius 2 is 2.04 bits per heavy atom. The molecule has 27 heavy (non-hydrogen) atoms. The summed E-state index contributed by atoms with van der Waals surface area (Å²) in [5.74, 6) is 0.429. The van der Waals surface area contributed by atoms with Crippen molar-refractivity contribution < 1.29 is 14.3 Å². The summed E-state index contributed by atoms with van der Waals surface area (Å²) in [6.07, 6.45) is 0. The van der Waals surface area contributed by atoms with Crippen molar-refractivity contribution in [1.29, 1.82) is 0 Å². The molecule has 0 radical (unpaired) electrons. The lowest BCUT2D eigenvalue weighted by atomic mass is 10.1. The number of ether oxygens (including phenoxy) is 2. The summed E-state index contributed by atoms with van der Waals surface area (Å²) in [4.78, 5) is 26.4. The quantitative estimate of drug-likeness (QED) is 0.788. The van der Waals surface area contributed by atoms with E-state index < -0.39 is 0 Å². The van der Waals surface area contributed by atoms with Gasteiger partial charge in [0.15, 0.2) is 6.61 Å². The number of morpholine rings is 1. The number of amides is 1. The molecule has 7 heteroatoms. The van der Waals surface area contributed by atoms with E-state index in [1.54, 1.807) is 10.6 Å². The molecule has 2 aromatic rings. The number of benzene rings is 1. The fourth-order valence-electron chi connectivity index (χ4n) is 3.32. The Balaban J connectivity index is 1.56. The first-order valence-electron chi connectivity index (χ1n) is 9.42. The van der Waals surface area contributed by atoms with Crippen molar-refractivity contribution in [2.45, 2.75) is 20.4 Å². The number of pyridine rings is 1. The van der Waals surface area contributed by atoms with Crippen LogP contribution in [-0.4, -0.2) is 61.4 Å². The van der Waals surface area contributed by atoms with Crippen LogP contribution in [0.3, 0.4) is 0 Å². The fourth-order valence-corrected chi connectivity index (χ4v) is 3.32. The molecule has 0 atom stereocenters. The van der Waals surface area contributed by atoms with Crippen molar-refractivity contribution in [3.63, 3.8) is 0 Å². The summed E-state index contributed by atoms with van der Waals surface area (Å²) in [5, 5.41) is 3.89. The van der Waals surface area contributed by atoms with Crippen LogP contribution in [0.15, 0.2) is 29.1 Å². The summed E-state index contributed by atoms with van der Waals surface area (Å²) in [6, 6.07) is 7.24. The Labute approximate surface area is 158 Å². The second-order valence-corrected chi connectivity index (χ2v) is 6.68. The zero-order chi connectivity index (χ0) is 19.2. The fraction of sp³-hybridized carbons (Fsp3) is 0.500. The van der Waals surface area contributed by atoms with E-state index in [1.807, 2.05) is 32.0 Å². The highest BCUT2D eigenvalue weighted by atomic mass is 16.5. The van der Waals surface area contributed by atoms with E-state index in [4.69, 9.17) is 9.47 Å². The summed E-state index contributed by atoms with van der Waals surface area (Å²) in [7, 11) is 0. The highest BCUT2D eigenvalue weighted by Gasteiger charge is 2.11. The first kappa shape index (κ1) is 19.4. The standard InChI is InChI=1S/C20H27N3O4/c1-3-23-18-13-16(4-5-17(18)15(2)12-20(23)25)27-14-19(24)21-6-7-22-8-10-26-11-9-22/h4-5,12-13H,3,6-11,14H2,1-2H3,(H,21,24). The lowest BCUT2D eigenvalue weighted by Gasteiger charge is -2.26. The Morgan fingerprint density at radius 1 is 1.26 bits per heavy atom. The molecule has 1 aliphatic rings. The molecular weight excluding hydrogens is 346 g/mol. The molecule has 146 valence electrons. The lowest BCUT2D eigenvalue weighted by molar-refractivity contribution is -0.123. The van der Waals surface area contributed by atoms with Gasteiger partial charge in [-0.25, -0.2) is 0 Å².